The second kappa shape index (κ2) is 4.67. The average molecular weight is 268 g/mol. The van der Waals surface area contributed by atoms with E-state index in [1.807, 2.05) is 0 Å². The first-order chi connectivity index (χ1) is 7.16. The van der Waals surface area contributed by atoms with Crippen molar-refractivity contribution in [1.29, 1.82) is 0 Å². The van der Waals surface area contributed by atoms with E-state index in [0.717, 1.165) is 12.6 Å². The number of likely N-dealkylation sites (tertiary alicyclic amines) is 1. The maximum atomic E-state index is 3.65. The summed E-state index contributed by atoms with van der Waals surface area (Å²) in [6.45, 7) is 6.80. The van der Waals surface area contributed by atoms with Gasteiger partial charge in [0, 0.05) is 17.1 Å². The number of benzene rings is 1. The highest BCUT2D eigenvalue weighted by Crippen LogP contribution is 2.24. The Bertz CT molecular complexity index is 348. The lowest BCUT2D eigenvalue weighted by atomic mass is 10.1. The van der Waals surface area contributed by atoms with Crippen molar-refractivity contribution >= 4 is 15.9 Å². The van der Waals surface area contributed by atoms with E-state index >= 15 is 0 Å². The molecule has 1 fully saturated rings. The van der Waals surface area contributed by atoms with Crippen LogP contribution in [-0.2, 0) is 6.54 Å². The third kappa shape index (κ3) is 2.61. The molecule has 1 heterocycles. The minimum absolute atomic E-state index is 0.748. The summed E-state index contributed by atoms with van der Waals surface area (Å²) >= 11 is 3.65. The normalized spacial score (nSPS) is 22.2. The summed E-state index contributed by atoms with van der Waals surface area (Å²) in [7, 11) is 0. The molecule has 0 N–H and O–H groups in total. The second-order valence-electron chi connectivity index (χ2n) is 4.56. The van der Waals surface area contributed by atoms with E-state index in [1.54, 1.807) is 0 Å². The molecule has 1 saturated heterocycles. The van der Waals surface area contributed by atoms with E-state index in [9.17, 15) is 0 Å². The molecule has 1 nitrogen and oxygen atoms in total. The van der Waals surface area contributed by atoms with Gasteiger partial charge < -0.3 is 0 Å². The van der Waals surface area contributed by atoms with Gasteiger partial charge in [0.1, 0.15) is 0 Å². The third-order valence-electron chi connectivity index (χ3n) is 3.27. The molecule has 0 radical (unpaired) electrons. The summed E-state index contributed by atoms with van der Waals surface area (Å²) < 4.78 is 1.25. The first-order valence-electron chi connectivity index (χ1n) is 5.66. The fourth-order valence-corrected chi connectivity index (χ4v) is 2.85. The van der Waals surface area contributed by atoms with Gasteiger partial charge in [-0.25, -0.2) is 0 Å². The molecule has 2 rings (SSSR count). The molecule has 2 heteroatoms. The Balaban J connectivity index is 2.10. The zero-order chi connectivity index (χ0) is 10.8. The zero-order valence-corrected chi connectivity index (χ0v) is 11.0. The molecule has 0 aliphatic carbocycles. The predicted molar refractivity (Wildman–Crippen MR) is 68.0 cm³/mol. The number of nitrogens with zero attached hydrogens (tertiary/aromatic N) is 1. The lowest BCUT2D eigenvalue weighted by molar-refractivity contribution is 0.260. The van der Waals surface area contributed by atoms with E-state index in [-0.39, 0.29) is 0 Å². The Morgan fingerprint density at radius 3 is 2.87 bits per heavy atom. The summed E-state index contributed by atoms with van der Waals surface area (Å²) in [5.41, 5.74) is 2.73. The summed E-state index contributed by atoms with van der Waals surface area (Å²) in [6, 6.07) is 7.39. The van der Waals surface area contributed by atoms with Gasteiger partial charge in [0.05, 0.1) is 0 Å². The molecule has 0 unspecified atom stereocenters. The SMILES string of the molecule is Cc1ccc(CN2CCC[C@H]2C)c(Br)c1. The molecule has 0 bridgehead atoms. The summed E-state index contributed by atoms with van der Waals surface area (Å²) in [5.74, 6) is 0. The molecule has 0 spiro atoms. The molecule has 0 amide bonds. The van der Waals surface area contributed by atoms with Gasteiger partial charge in [-0.3, -0.25) is 4.90 Å². The van der Waals surface area contributed by atoms with Crippen molar-refractivity contribution in [3.63, 3.8) is 0 Å². The standard InChI is InChI=1S/C13H18BrN/c1-10-5-6-12(13(14)8-10)9-15-7-3-4-11(15)2/h5-6,8,11H,3-4,7,9H2,1-2H3/t11-/m1/s1. The van der Waals surface area contributed by atoms with Crippen LogP contribution < -0.4 is 0 Å². The number of rotatable bonds is 2. The number of aryl methyl sites for hydroxylation is 1. The van der Waals surface area contributed by atoms with E-state index in [1.165, 1.54) is 35.0 Å². The quantitative estimate of drug-likeness (QED) is 0.789. The Morgan fingerprint density at radius 2 is 2.27 bits per heavy atom. The summed E-state index contributed by atoms with van der Waals surface area (Å²) in [6.07, 6.45) is 2.70. The van der Waals surface area contributed by atoms with Gasteiger partial charge in [0.2, 0.25) is 0 Å². The molecular formula is C13H18BrN. The average Bonchev–Trinajstić information content (AvgIpc) is 2.57. The van der Waals surface area contributed by atoms with Gasteiger partial charge in [-0.15, -0.1) is 0 Å². The van der Waals surface area contributed by atoms with E-state index < -0.39 is 0 Å². The van der Waals surface area contributed by atoms with Crippen molar-refractivity contribution in [3.05, 3.63) is 33.8 Å². The van der Waals surface area contributed by atoms with Crippen LogP contribution in [-0.4, -0.2) is 17.5 Å². The van der Waals surface area contributed by atoms with Gasteiger partial charge in [-0.2, -0.15) is 0 Å². The first-order valence-corrected chi connectivity index (χ1v) is 6.45. The van der Waals surface area contributed by atoms with E-state index in [0.29, 0.717) is 0 Å². The molecule has 82 valence electrons. The van der Waals surface area contributed by atoms with E-state index in [4.69, 9.17) is 0 Å². The van der Waals surface area contributed by atoms with Gasteiger partial charge in [-0.05, 0) is 50.4 Å². The van der Waals surface area contributed by atoms with E-state index in [2.05, 4.69) is 52.9 Å². The zero-order valence-electron chi connectivity index (χ0n) is 9.46. The molecule has 0 saturated carbocycles. The monoisotopic (exact) mass is 267 g/mol. The smallest absolute Gasteiger partial charge is 0.0247 e. The van der Waals surface area contributed by atoms with Crippen molar-refractivity contribution in [2.45, 2.75) is 39.3 Å². The van der Waals surface area contributed by atoms with Gasteiger partial charge in [-0.1, -0.05) is 28.1 Å². The Kier molecular flexibility index (Phi) is 3.47. The van der Waals surface area contributed by atoms with Crippen LogP contribution >= 0.6 is 15.9 Å². The second-order valence-corrected chi connectivity index (χ2v) is 5.41. The fraction of sp³-hybridized carbons (Fsp3) is 0.538. The first kappa shape index (κ1) is 11.2. The van der Waals surface area contributed by atoms with Crippen LogP contribution in [0.15, 0.2) is 22.7 Å². The summed E-state index contributed by atoms with van der Waals surface area (Å²) in [4.78, 5) is 2.56. The molecule has 1 aromatic carbocycles. The largest absolute Gasteiger partial charge is 0.296 e. The molecular weight excluding hydrogens is 250 g/mol. The lowest BCUT2D eigenvalue weighted by Gasteiger charge is -2.21. The maximum absolute atomic E-state index is 3.65. The van der Waals surface area contributed by atoms with Crippen LogP contribution in [0, 0.1) is 6.92 Å². The van der Waals surface area contributed by atoms with Gasteiger partial charge >= 0.3 is 0 Å². The van der Waals surface area contributed by atoms with Crippen LogP contribution in [0.2, 0.25) is 0 Å². The van der Waals surface area contributed by atoms with Gasteiger partial charge in [0.15, 0.2) is 0 Å². The molecule has 1 aliphatic rings. The number of halogens is 1. The Morgan fingerprint density at radius 1 is 1.47 bits per heavy atom. The molecule has 0 aromatic heterocycles. The van der Waals surface area contributed by atoms with Gasteiger partial charge in [0.25, 0.3) is 0 Å². The Hall–Kier alpha value is -0.340. The van der Waals surface area contributed by atoms with Crippen molar-refractivity contribution in [1.82, 2.24) is 4.90 Å². The minimum atomic E-state index is 0.748. The predicted octanol–water partition coefficient (Wildman–Crippen LogP) is 3.74. The summed E-state index contributed by atoms with van der Waals surface area (Å²) in [5, 5.41) is 0. The lowest BCUT2D eigenvalue weighted by Crippen LogP contribution is -2.26. The highest BCUT2D eigenvalue weighted by Gasteiger charge is 2.20. The third-order valence-corrected chi connectivity index (χ3v) is 4.01. The Labute approximate surface area is 101 Å². The highest BCUT2D eigenvalue weighted by molar-refractivity contribution is 9.10. The van der Waals surface area contributed by atoms with Crippen molar-refractivity contribution in [2.75, 3.05) is 6.54 Å². The number of hydrogen-bond donors (Lipinski definition) is 0. The topological polar surface area (TPSA) is 3.24 Å². The molecule has 15 heavy (non-hydrogen) atoms. The molecule has 1 aromatic rings. The van der Waals surface area contributed by atoms with Crippen LogP contribution in [0.25, 0.3) is 0 Å². The van der Waals surface area contributed by atoms with Crippen molar-refractivity contribution in [2.24, 2.45) is 0 Å². The van der Waals surface area contributed by atoms with Crippen molar-refractivity contribution in [3.8, 4) is 0 Å². The molecule has 1 atom stereocenters. The van der Waals surface area contributed by atoms with Crippen LogP contribution in [0.5, 0.6) is 0 Å². The van der Waals surface area contributed by atoms with Crippen LogP contribution in [0.3, 0.4) is 0 Å². The number of hydrogen-bond acceptors (Lipinski definition) is 1. The van der Waals surface area contributed by atoms with Crippen LogP contribution in [0.4, 0.5) is 0 Å². The fourth-order valence-electron chi connectivity index (χ4n) is 2.23. The van der Waals surface area contributed by atoms with Crippen molar-refractivity contribution < 1.29 is 0 Å². The highest BCUT2D eigenvalue weighted by atomic mass is 79.9. The minimum Gasteiger partial charge on any atom is -0.296 e. The van der Waals surface area contributed by atoms with Crippen LogP contribution in [0.1, 0.15) is 30.9 Å². The maximum Gasteiger partial charge on any atom is 0.0247 e. The molecule has 1 aliphatic heterocycles.